The van der Waals surface area contributed by atoms with Crippen molar-refractivity contribution in [1.29, 1.82) is 0 Å². The largest absolute Gasteiger partial charge is 0.411 e. The SMILES string of the molecule is O=C(CNCC1CC1)N1CCN(CCCOCC(F)(F)F)CC1. The molecule has 2 fully saturated rings. The fraction of sp³-hybridized carbons (Fsp3) is 0.933. The highest BCUT2D eigenvalue weighted by Gasteiger charge is 2.27. The van der Waals surface area contributed by atoms with Gasteiger partial charge >= 0.3 is 6.18 Å². The van der Waals surface area contributed by atoms with Gasteiger partial charge in [-0.15, -0.1) is 0 Å². The number of rotatable bonds is 9. The molecule has 0 unspecified atom stereocenters. The van der Waals surface area contributed by atoms with Crippen LogP contribution in [-0.2, 0) is 9.53 Å². The second-order valence-electron chi connectivity index (χ2n) is 6.32. The molecule has 1 amide bonds. The Labute approximate surface area is 135 Å². The zero-order chi connectivity index (χ0) is 16.7. The Bertz CT molecular complexity index is 367. The first-order chi connectivity index (χ1) is 10.9. The van der Waals surface area contributed by atoms with Crippen molar-refractivity contribution in [3.63, 3.8) is 0 Å². The fourth-order valence-corrected chi connectivity index (χ4v) is 2.62. The van der Waals surface area contributed by atoms with E-state index in [0.29, 0.717) is 32.6 Å². The van der Waals surface area contributed by atoms with Crippen molar-refractivity contribution in [3.8, 4) is 0 Å². The first-order valence-corrected chi connectivity index (χ1v) is 8.29. The van der Waals surface area contributed by atoms with Crippen LogP contribution in [0, 0.1) is 5.92 Å². The lowest BCUT2D eigenvalue weighted by atomic mass is 10.3. The van der Waals surface area contributed by atoms with Gasteiger partial charge in [-0.05, 0) is 31.7 Å². The van der Waals surface area contributed by atoms with Gasteiger partial charge in [-0.1, -0.05) is 0 Å². The molecule has 2 rings (SSSR count). The number of piperazine rings is 1. The van der Waals surface area contributed by atoms with Crippen LogP contribution in [0.3, 0.4) is 0 Å². The van der Waals surface area contributed by atoms with Crippen LogP contribution in [0.15, 0.2) is 0 Å². The first-order valence-electron chi connectivity index (χ1n) is 8.29. The lowest BCUT2D eigenvalue weighted by Crippen LogP contribution is -2.51. The van der Waals surface area contributed by atoms with E-state index in [2.05, 4.69) is 15.0 Å². The summed E-state index contributed by atoms with van der Waals surface area (Å²) >= 11 is 0. The number of hydrogen-bond acceptors (Lipinski definition) is 4. The number of amides is 1. The molecule has 0 aromatic heterocycles. The van der Waals surface area contributed by atoms with Gasteiger partial charge in [-0.3, -0.25) is 9.69 Å². The topological polar surface area (TPSA) is 44.8 Å². The van der Waals surface area contributed by atoms with Gasteiger partial charge < -0.3 is 15.0 Å². The van der Waals surface area contributed by atoms with E-state index in [1.54, 1.807) is 0 Å². The second kappa shape index (κ2) is 8.84. The van der Waals surface area contributed by atoms with Crippen molar-refractivity contribution in [2.45, 2.75) is 25.4 Å². The molecule has 0 aromatic rings. The van der Waals surface area contributed by atoms with Crippen molar-refractivity contribution < 1.29 is 22.7 Å². The van der Waals surface area contributed by atoms with Crippen molar-refractivity contribution >= 4 is 5.91 Å². The molecular formula is C15H26F3N3O2. The Balaban J connectivity index is 1.48. The van der Waals surface area contributed by atoms with Crippen LogP contribution in [0.4, 0.5) is 13.2 Å². The van der Waals surface area contributed by atoms with Crippen molar-refractivity contribution in [2.24, 2.45) is 5.92 Å². The molecule has 8 heteroatoms. The van der Waals surface area contributed by atoms with Gasteiger partial charge in [0, 0.05) is 39.3 Å². The van der Waals surface area contributed by atoms with E-state index in [9.17, 15) is 18.0 Å². The van der Waals surface area contributed by atoms with Crippen LogP contribution in [0.25, 0.3) is 0 Å². The van der Waals surface area contributed by atoms with Crippen LogP contribution in [0.5, 0.6) is 0 Å². The summed E-state index contributed by atoms with van der Waals surface area (Å²) in [6.45, 7) is 3.90. The van der Waals surface area contributed by atoms with Gasteiger partial charge in [0.15, 0.2) is 0 Å². The van der Waals surface area contributed by atoms with Gasteiger partial charge in [-0.25, -0.2) is 0 Å². The Morgan fingerprint density at radius 3 is 2.48 bits per heavy atom. The van der Waals surface area contributed by atoms with Gasteiger partial charge in [0.1, 0.15) is 6.61 Å². The van der Waals surface area contributed by atoms with E-state index < -0.39 is 12.8 Å². The Morgan fingerprint density at radius 2 is 1.87 bits per heavy atom. The number of ether oxygens (including phenoxy) is 1. The third-order valence-corrected chi connectivity index (χ3v) is 4.16. The lowest BCUT2D eigenvalue weighted by Gasteiger charge is -2.34. The van der Waals surface area contributed by atoms with Gasteiger partial charge in [0.05, 0.1) is 6.54 Å². The third kappa shape index (κ3) is 7.99. The average molecular weight is 337 g/mol. The molecule has 134 valence electrons. The van der Waals surface area contributed by atoms with Crippen LogP contribution in [0.2, 0.25) is 0 Å². The normalized spacial score (nSPS) is 20.0. The molecule has 0 spiro atoms. The summed E-state index contributed by atoms with van der Waals surface area (Å²) in [5.41, 5.74) is 0. The minimum absolute atomic E-state index is 0.115. The zero-order valence-corrected chi connectivity index (χ0v) is 13.4. The molecule has 2 aliphatic rings. The summed E-state index contributed by atoms with van der Waals surface area (Å²) < 4.78 is 40.3. The van der Waals surface area contributed by atoms with Crippen LogP contribution in [0.1, 0.15) is 19.3 Å². The van der Waals surface area contributed by atoms with Crippen molar-refractivity contribution in [3.05, 3.63) is 0 Å². The average Bonchev–Trinajstić information content (AvgIpc) is 3.30. The summed E-state index contributed by atoms with van der Waals surface area (Å²) in [7, 11) is 0. The molecule has 0 atom stereocenters. The molecule has 5 nitrogen and oxygen atoms in total. The van der Waals surface area contributed by atoms with Gasteiger partial charge in [0.25, 0.3) is 0 Å². The predicted molar refractivity (Wildman–Crippen MR) is 80.1 cm³/mol. The predicted octanol–water partition coefficient (Wildman–Crippen LogP) is 1.10. The third-order valence-electron chi connectivity index (χ3n) is 4.16. The highest BCUT2D eigenvalue weighted by Crippen LogP contribution is 2.27. The van der Waals surface area contributed by atoms with Crippen molar-refractivity contribution in [2.75, 3.05) is 59.0 Å². The number of carbonyl (C=O) groups excluding carboxylic acids is 1. The number of halogens is 3. The van der Waals surface area contributed by atoms with E-state index in [4.69, 9.17) is 0 Å². The Hall–Kier alpha value is -0.860. The highest BCUT2D eigenvalue weighted by atomic mass is 19.4. The summed E-state index contributed by atoms with van der Waals surface area (Å²) in [6.07, 6.45) is -1.13. The summed E-state index contributed by atoms with van der Waals surface area (Å²) in [5, 5.41) is 3.20. The van der Waals surface area contributed by atoms with Crippen LogP contribution < -0.4 is 5.32 Å². The fourth-order valence-electron chi connectivity index (χ4n) is 2.62. The quantitative estimate of drug-likeness (QED) is 0.640. The van der Waals surface area contributed by atoms with E-state index in [1.165, 1.54) is 12.8 Å². The monoisotopic (exact) mass is 337 g/mol. The van der Waals surface area contributed by atoms with Gasteiger partial charge in [-0.2, -0.15) is 13.2 Å². The van der Waals surface area contributed by atoms with Crippen molar-refractivity contribution in [1.82, 2.24) is 15.1 Å². The minimum atomic E-state index is -4.25. The molecule has 1 aliphatic carbocycles. The first kappa shape index (κ1) is 18.5. The van der Waals surface area contributed by atoms with E-state index in [0.717, 1.165) is 25.6 Å². The maximum atomic E-state index is 12.0. The number of nitrogens with zero attached hydrogens (tertiary/aromatic N) is 2. The number of nitrogens with one attached hydrogen (secondary N) is 1. The molecule has 0 bridgehead atoms. The molecule has 1 heterocycles. The van der Waals surface area contributed by atoms with Crippen LogP contribution >= 0.6 is 0 Å². The molecule has 1 saturated carbocycles. The second-order valence-corrected chi connectivity index (χ2v) is 6.32. The Morgan fingerprint density at radius 1 is 1.17 bits per heavy atom. The molecular weight excluding hydrogens is 311 g/mol. The lowest BCUT2D eigenvalue weighted by molar-refractivity contribution is -0.174. The van der Waals surface area contributed by atoms with E-state index >= 15 is 0 Å². The molecule has 1 N–H and O–H groups in total. The standard InChI is InChI=1S/C15H26F3N3O2/c16-15(17,18)12-23-9-1-4-20-5-7-21(8-6-20)14(22)11-19-10-13-2-3-13/h13,19H,1-12H2. The van der Waals surface area contributed by atoms with Gasteiger partial charge in [0.2, 0.25) is 5.91 Å². The minimum Gasteiger partial charge on any atom is -0.372 e. The van der Waals surface area contributed by atoms with Crippen LogP contribution in [-0.4, -0.2) is 80.9 Å². The molecule has 23 heavy (non-hydrogen) atoms. The Kier molecular flexibility index (Phi) is 7.10. The highest BCUT2D eigenvalue weighted by molar-refractivity contribution is 5.78. The maximum absolute atomic E-state index is 12.0. The number of carbonyl (C=O) groups is 1. The van der Waals surface area contributed by atoms with E-state index in [1.807, 2.05) is 4.90 Å². The zero-order valence-electron chi connectivity index (χ0n) is 13.4. The number of hydrogen-bond donors (Lipinski definition) is 1. The summed E-state index contributed by atoms with van der Waals surface area (Å²) in [4.78, 5) is 16.0. The smallest absolute Gasteiger partial charge is 0.372 e. The number of alkyl halides is 3. The summed E-state index contributed by atoms with van der Waals surface area (Å²) in [6, 6.07) is 0. The molecule has 0 aromatic carbocycles. The molecule has 1 saturated heterocycles. The molecule has 1 aliphatic heterocycles. The van der Waals surface area contributed by atoms with E-state index in [-0.39, 0.29) is 12.5 Å². The maximum Gasteiger partial charge on any atom is 0.411 e. The summed E-state index contributed by atoms with van der Waals surface area (Å²) in [5.74, 6) is 0.901. The molecule has 0 radical (unpaired) electrons.